The number of nitrogens with two attached hydrogens (primary N) is 1. The van der Waals surface area contributed by atoms with Crippen molar-refractivity contribution in [2.75, 3.05) is 45.1 Å². The summed E-state index contributed by atoms with van der Waals surface area (Å²) in [4.78, 5) is 14.3. The number of morpholine rings is 1. The van der Waals surface area contributed by atoms with Crippen molar-refractivity contribution in [3.05, 3.63) is 29.3 Å². The molecular weight excluding hydrogens is 242 g/mol. The van der Waals surface area contributed by atoms with Crippen molar-refractivity contribution in [3.8, 4) is 0 Å². The Hall–Kier alpha value is -1.59. The number of nitrogens with one attached hydrogen (secondary N) is 1. The van der Waals surface area contributed by atoms with Gasteiger partial charge < -0.3 is 15.8 Å². The van der Waals surface area contributed by atoms with Crippen molar-refractivity contribution in [1.82, 2.24) is 10.2 Å². The normalized spacial score (nSPS) is 16.3. The fourth-order valence-electron chi connectivity index (χ4n) is 2.13. The molecular formula is C14H21N3O2. The van der Waals surface area contributed by atoms with E-state index in [1.165, 1.54) is 0 Å². The Morgan fingerprint density at radius 1 is 1.42 bits per heavy atom. The highest BCUT2D eigenvalue weighted by Crippen LogP contribution is 2.15. The van der Waals surface area contributed by atoms with Gasteiger partial charge in [-0.1, -0.05) is 12.1 Å². The first kappa shape index (κ1) is 13.8. The molecule has 1 heterocycles. The lowest BCUT2D eigenvalue weighted by molar-refractivity contribution is 0.0383. The summed E-state index contributed by atoms with van der Waals surface area (Å²) in [5.74, 6) is -0.102. The first-order valence-corrected chi connectivity index (χ1v) is 6.62. The molecule has 0 atom stereocenters. The molecule has 5 heteroatoms. The Bertz CT molecular complexity index is 442. The fraction of sp³-hybridized carbons (Fsp3) is 0.500. The van der Waals surface area contributed by atoms with Gasteiger partial charge in [-0.15, -0.1) is 0 Å². The summed E-state index contributed by atoms with van der Waals surface area (Å²) in [5.41, 5.74) is 7.96. The summed E-state index contributed by atoms with van der Waals surface area (Å²) in [6.45, 7) is 6.80. The minimum absolute atomic E-state index is 0.102. The number of aryl methyl sites for hydroxylation is 1. The number of amides is 1. The molecule has 1 aliphatic heterocycles. The topological polar surface area (TPSA) is 67.6 Å². The number of carbonyl (C=O) groups excluding carboxylic acids is 1. The van der Waals surface area contributed by atoms with Crippen LogP contribution in [0.25, 0.3) is 0 Å². The molecule has 5 nitrogen and oxygen atoms in total. The molecule has 1 fully saturated rings. The number of para-hydroxylation sites is 1. The van der Waals surface area contributed by atoms with Crippen molar-refractivity contribution in [3.63, 3.8) is 0 Å². The average Bonchev–Trinajstić information content (AvgIpc) is 2.43. The molecule has 0 saturated carbocycles. The summed E-state index contributed by atoms with van der Waals surface area (Å²) in [6, 6.07) is 5.51. The van der Waals surface area contributed by atoms with Crippen LogP contribution in [0, 0.1) is 6.92 Å². The van der Waals surface area contributed by atoms with E-state index in [4.69, 9.17) is 10.5 Å². The van der Waals surface area contributed by atoms with Crippen LogP contribution in [0.15, 0.2) is 18.2 Å². The van der Waals surface area contributed by atoms with Gasteiger partial charge in [0, 0.05) is 31.9 Å². The second-order valence-corrected chi connectivity index (χ2v) is 4.75. The highest BCUT2D eigenvalue weighted by molar-refractivity contribution is 5.99. The van der Waals surface area contributed by atoms with E-state index in [1.54, 1.807) is 6.07 Å². The van der Waals surface area contributed by atoms with E-state index in [0.29, 0.717) is 17.8 Å². The number of nitrogens with zero attached hydrogens (tertiary/aromatic N) is 1. The molecule has 104 valence electrons. The third-order valence-electron chi connectivity index (χ3n) is 3.39. The maximum Gasteiger partial charge on any atom is 0.253 e. The van der Waals surface area contributed by atoms with Gasteiger partial charge >= 0.3 is 0 Å². The van der Waals surface area contributed by atoms with E-state index in [1.807, 2.05) is 19.1 Å². The van der Waals surface area contributed by atoms with Crippen molar-refractivity contribution < 1.29 is 9.53 Å². The second kappa shape index (κ2) is 6.54. The third-order valence-corrected chi connectivity index (χ3v) is 3.39. The molecule has 0 aliphatic carbocycles. The molecule has 0 bridgehead atoms. The summed E-state index contributed by atoms with van der Waals surface area (Å²) in [6.07, 6.45) is 0. The second-order valence-electron chi connectivity index (χ2n) is 4.75. The van der Waals surface area contributed by atoms with Gasteiger partial charge in [0.2, 0.25) is 0 Å². The summed E-state index contributed by atoms with van der Waals surface area (Å²) < 4.78 is 5.28. The van der Waals surface area contributed by atoms with Crippen LogP contribution in [-0.4, -0.2) is 50.2 Å². The van der Waals surface area contributed by atoms with E-state index in [9.17, 15) is 4.79 Å². The molecule has 2 rings (SSSR count). The summed E-state index contributed by atoms with van der Waals surface area (Å²) in [5, 5.41) is 2.91. The Labute approximate surface area is 113 Å². The number of ether oxygens (including phenoxy) is 1. The molecule has 1 saturated heterocycles. The van der Waals surface area contributed by atoms with Gasteiger partial charge in [0.15, 0.2) is 0 Å². The van der Waals surface area contributed by atoms with Gasteiger partial charge in [-0.05, 0) is 18.6 Å². The molecule has 1 aromatic rings. The Morgan fingerprint density at radius 2 is 2.16 bits per heavy atom. The predicted octanol–water partition coefficient (Wildman–Crippen LogP) is 0.639. The number of hydrogen-bond donors (Lipinski definition) is 2. The van der Waals surface area contributed by atoms with Crippen LogP contribution in [0.1, 0.15) is 15.9 Å². The van der Waals surface area contributed by atoms with Crippen molar-refractivity contribution in [1.29, 1.82) is 0 Å². The van der Waals surface area contributed by atoms with E-state index in [0.717, 1.165) is 38.4 Å². The van der Waals surface area contributed by atoms with E-state index >= 15 is 0 Å². The monoisotopic (exact) mass is 263 g/mol. The molecule has 0 radical (unpaired) electrons. The standard InChI is InChI=1S/C14H21N3O2/c1-11-3-2-4-12(13(11)15)14(18)16-5-6-17-7-9-19-10-8-17/h2-4H,5-10,15H2,1H3,(H,16,18). The van der Waals surface area contributed by atoms with Crippen LogP contribution in [0.2, 0.25) is 0 Å². The van der Waals surface area contributed by atoms with E-state index < -0.39 is 0 Å². The zero-order valence-electron chi connectivity index (χ0n) is 11.3. The van der Waals surface area contributed by atoms with Crippen LogP contribution in [0.3, 0.4) is 0 Å². The maximum absolute atomic E-state index is 12.0. The quantitative estimate of drug-likeness (QED) is 0.782. The van der Waals surface area contributed by atoms with Crippen LogP contribution in [0.5, 0.6) is 0 Å². The largest absolute Gasteiger partial charge is 0.398 e. The van der Waals surface area contributed by atoms with Gasteiger partial charge in [0.05, 0.1) is 18.8 Å². The molecule has 1 aliphatic rings. The van der Waals surface area contributed by atoms with Gasteiger partial charge in [-0.2, -0.15) is 0 Å². The molecule has 0 spiro atoms. The molecule has 1 amide bonds. The zero-order chi connectivity index (χ0) is 13.7. The number of hydrogen-bond acceptors (Lipinski definition) is 4. The number of benzene rings is 1. The highest BCUT2D eigenvalue weighted by Gasteiger charge is 2.12. The first-order valence-electron chi connectivity index (χ1n) is 6.62. The Kier molecular flexibility index (Phi) is 4.76. The lowest BCUT2D eigenvalue weighted by Gasteiger charge is -2.26. The SMILES string of the molecule is Cc1cccc(C(=O)NCCN2CCOCC2)c1N. The molecule has 0 aromatic heterocycles. The minimum atomic E-state index is -0.102. The van der Waals surface area contributed by atoms with Crippen LogP contribution in [-0.2, 0) is 4.74 Å². The average molecular weight is 263 g/mol. The lowest BCUT2D eigenvalue weighted by atomic mass is 10.1. The zero-order valence-corrected chi connectivity index (χ0v) is 11.3. The van der Waals surface area contributed by atoms with E-state index in [2.05, 4.69) is 10.2 Å². The van der Waals surface area contributed by atoms with Gasteiger partial charge in [0.1, 0.15) is 0 Å². The van der Waals surface area contributed by atoms with Crippen LogP contribution >= 0.6 is 0 Å². The van der Waals surface area contributed by atoms with Gasteiger partial charge in [-0.3, -0.25) is 9.69 Å². The smallest absolute Gasteiger partial charge is 0.253 e. The highest BCUT2D eigenvalue weighted by atomic mass is 16.5. The Balaban J connectivity index is 1.82. The summed E-state index contributed by atoms with van der Waals surface area (Å²) >= 11 is 0. The minimum Gasteiger partial charge on any atom is -0.398 e. The maximum atomic E-state index is 12.0. The fourth-order valence-corrected chi connectivity index (χ4v) is 2.13. The number of carbonyl (C=O) groups is 1. The summed E-state index contributed by atoms with van der Waals surface area (Å²) in [7, 11) is 0. The predicted molar refractivity (Wildman–Crippen MR) is 75.2 cm³/mol. The van der Waals surface area contributed by atoms with Crippen molar-refractivity contribution >= 4 is 11.6 Å². The molecule has 19 heavy (non-hydrogen) atoms. The number of nitrogen functional groups attached to an aromatic ring is 1. The molecule has 3 N–H and O–H groups in total. The van der Waals surface area contributed by atoms with Gasteiger partial charge in [0.25, 0.3) is 5.91 Å². The van der Waals surface area contributed by atoms with Crippen molar-refractivity contribution in [2.45, 2.75) is 6.92 Å². The molecule has 0 unspecified atom stereocenters. The first-order chi connectivity index (χ1) is 9.18. The van der Waals surface area contributed by atoms with Gasteiger partial charge in [-0.25, -0.2) is 0 Å². The van der Waals surface area contributed by atoms with Crippen LogP contribution < -0.4 is 11.1 Å². The number of anilines is 1. The van der Waals surface area contributed by atoms with Crippen LogP contribution in [0.4, 0.5) is 5.69 Å². The lowest BCUT2D eigenvalue weighted by Crippen LogP contribution is -2.41. The van der Waals surface area contributed by atoms with Crippen molar-refractivity contribution in [2.24, 2.45) is 0 Å². The number of rotatable bonds is 4. The van der Waals surface area contributed by atoms with E-state index in [-0.39, 0.29) is 5.91 Å². The Morgan fingerprint density at radius 3 is 2.89 bits per heavy atom. The third kappa shape index (κ3) is 3.68. The molecule has 1 aromatic carbocycles.